The number of ether oxygens (including phenoxy) is 1. The Morgan fingerprint density at radius 2 is 1.97 bits per heavy atom. The summed E-state index contributed by atoms with van der Waals surface area (Å²) in [6.45, 7) is 5.70. The standard InChI is InChI=1S/C21H29N7O2/c1-21(2)19(29)28(15-6-4-5-7-15)18-17(30-21)11-22-20(25-18)24-14-10-23-27(12-14)16-8-9-26(3)13-16/h10-12,15-16H,4-9,13H2,1-3H3,(H,22,24,25)/t16-/m0/s1. The number of likely N-dealkylation sites (tertiary alicyclic amines) is 1. The highest BCUT2D eigenvalue weighted by Crippen LogP contribution is 2.40. The molecule has 30 heavy (non-hydrogen) atoms. The second-order valence-corrected chi connectivity index (χ2v) is 9.15. The molecule has 160 valence electrons. The normalized spacial score (nSPS) is 24.2. The molecule has 5 rings (SSSR count). The number of nitrogens with zero attached hydrogens (tertiary/aromatic N) is 6. The van der Waals surface area contributed by atoms with E-state index in [1.807, 2.05) is 15.8 Å². The fourth-order valence-corrected chi connectivity index (χ4v) is 4.73. The molecule has 0 bridgehead atoms. The molecule has 0 unspecified atom stereocenters. The maximum Gasteiger partial charge on any atom is 0.272 e. The van der Waals surface area contributed by atoms with Crippen LogP contribution in [0.25, 0.3) is 0 Å². The summed E-state index contributed by atoms with van der Waals surface area (Å²) in [5.41, 5.74) is -0.0796. The van der Waals surface area contributed by atoms with Crippen LogP contribution in [0.3, 0.4) is 0 Å². The van der Waals surface area contributed by atoms with Crippen LogP contribution < -0.4 is 15.0 Å². The summed E-state index contributed by atoms with van der Waals surface area (Å²) in [5, 5.41) is 7.75. The maximum atomic E-state index is 13.1. The number of fused-ring (bicyclic) bond motifs is 1. The molecule has 0 radical (unpaired) electrons. The smallest absolute Gasteiger partial charge is 0.272 e. The molecular weight excluding hydrogens is 382 g/mol. The van der Waals surface area contributed by atoms with Crippen molar-refractivity contribution < 1.29 is 9.53 Å². The summed E-state index contributed by atoms with van der Waals surface area (Å²) >= 11 is 0. The topological polar surface area (TPSA) is 88.4 Å². The first kappa shape index (κ1) is 19.3. The average Bonchev–Trinajstić information content (AvgIpc) is 3.45. The van der Waals surface area contributed by atoms with Crippen LogP contribution >= 0.6 is 0 Å². The lowest BCUT2D eigenvalue weighted by Gasteiger charge is -2.40. The molecule has 4 heterocycles. The van der Waals surface area contributed by atoms with E-state index < -0.39 is 5.60 Å². The van der Waals surface area contributed by atoms with Gasteiger partial charge in [0, 0.05) is 18.8 Å². The summed E-state index contributed by atoms with van der Waals surface area (Å²) in [6, 6.07) is 0.561. The molecule has 1 amide bonds. The zero-order valence-corrected chi connectivity index (χ0v) is 17.8. The highest BCUT2D eigenvalue weighted by atomic mass is 16.5. The van der Waals surface area contributed by atoms with E-state index in [4.69, 9.17) is 4.74 Å². The van der Waals surface area contributed by atoms with Crippen molar-refractivity contribution in [2.45, 2.75) is 63.6 Å². The van der Waals surface area contributed by atoms with Crippen molar-refractivity contribution in [1.29, 1.82) is 0 Å². The van der Waals surface area contributed by atoms with Gasteiger partial charge in [0.1, 0.15) is 0 Å². The van der Waals surface area contributed by atoms with Gasteiger partial charge in [-0.2, -0.15) is 10.1 Å². The predicted octanol–water partition coefficient (Wildman–Crippen LogP) is 2.74. The number of amides is 1. The van der Waals surface area contributed by atoms with E-state index in [2.05, 4.69) is 32.3 Å². The Bertz CT molecular complexity index is 951. The van der Waals surface area contributed by atoms with Crippen molar-refractivity contribution in [2.24, 2.45) is 0 Å². The first-order chi connectivity index (χ1) is 14.4. The molecule has 0 spiro atoms. The Hall–Kier alpha value is -2.68. The molecule has 1 saturated carbocycles. The summed E-state index contributed by atoms with van der Waals surface area (Å²) in [5.74, 6) is 1.52. The molecule has 2 aromatic rings. The van der Waals surface area contributed by atoms with E-state index in [1.54, 1.807) is 26.2 Å². The predicted molar refractivity (Wildman–Crippen MR) is 113 cm³/mol. The maximum absolute atomic E-state index is 13.1. The van der Waals surface area contributed by atoms with Crippen LogP contribution in [0.2, 0.25) is 0 Å². The summed E-state index contributed by atoms with van der Waals surface area (Å²) < 4.78 is 7.95. The number of anilines is 3. The molecule has 9 nitrogen and oxygen atoms in total. The van der Waals surface area contributed by atoms with Crippen LogP contribution in [0, 0.1) is 0 Å². The largest absolute Gasteiger partial charge is 0.472 e. The van der Waals surface area contributed by atoms with Crippen molar-refractivity contribution in [3.63, 3.8) is 0 Å². The van der Waals surface area contributed by atoms with Crippen LogP contribution in [0.1, 0.15) is 52.0 Å². The molecule has 1 saturated heterocycles. The number of rotatable bonds is 4. The number of likely N-dealkylation sites (N-methyl/N-ethyl adjacent to an activating group) is 1. The zero-order chi connectivity index (χ0) is 20.9. The fraction of sp³-hybridized carbons (Fsp3) is 0.619. The minimum Gasteiger partial charge on any atom is -0.472 e. The highest BCUT2D eigenvalue weighted by molar-refractivity contribution is 6.02. The molecule has 1 atom stereocenters. The Balaban J connectivity index is 1.41. The molecule has 9 heteroatoms. The lowest BCUT2D eigenvalue weighted by atomic mass is 10.0. The molecule has 3 aliphatic rings. The van der Waals surface area contributed by atoms with Gasteiger partial charge in [0.05, 0.1) is 24.1 Å². The number of nitrogens with one attached hydrogen (secondary N) is 1. The average molecular weight is 412 g/mol. The molecule has 1 aliphatic carbocycles. The lowest BCUT2D eigenvalue weighted by Crippen LogP contribution is -2.55. The third kappa shape index (κ3) is 3.40. The van der Waals surface area contributed by atoms with Crippen molar-refractivity contribution in [1.82, 2.24) is 24.6 Å². The van der Waals surface area contributed by atoms with Gasteiger partial charge in [-0.1, -0.05) is 12.8 Å². The van der Waals surface area contributed by atoms with Gasteiger partial charge in [0.15, 0.2) is 17.2 Å². The van der Waals surface area contributed by atoms with Crippen LogP contribution in [-0.4, -0.2) is 62.3 Å². The molecule has 0 aromatic carbocycles. The number of hydrogen-bond donors (Lipinski definition) is 1. The SMILES string of the molecule is CN1CC[C@H](n2cc(Nc3ncc4c(n3)N(C3CCCC3)C(=O)C(C)(C)O4)cn2)C1. The molecule has 2 fully saturated rings. The Kier molecular flexibility index (Phi) is 4.65. The minimum atomic E-state index is -0.913. The van der Waals surface area contributed by atoms with Gasteiger partial charge in [0.25, 0.3) is 5.91 Å². The number of aromatic nitrogens is 4. The van der Waals surface area contributed by atoms with Crippen LogP contribution in [0.15, 0.2) is 18.6 Å². The van der Waals surface area contributed by atoms with Crippen molar-refractivity contribution >= 4 is 23.4 Å². The van der Waals surface area contributed by atoms with Crippen molar-refractivity contribution in [3.8, 4) is 5.75 Å². The van der Waals surface area contributed by atoms with E-state index in [-0.39, 0.29) is 11.9 Å². The van der Waals surface area contributed by atoms with E-state index in [1.165, 1.54) is 0 Å². The van der Waals surface area contributed by atoms with Gasteiger partial charge in [0.2, 0.25) is 5.95 Å². The fourth-order valence-electron chi connectivity index (χ4n) is 4.73. The van der Waals surface area contributed by atoms with E-state index in [0.29, 0.717) is 23.6 Å². The monoisotopic (exact) mass is 411 g/mol. The number of hydrogen-bond acceptors (Lipinski definition) is 7. The lowest BCUT2D eigenvalue weighted by molar-refractivity contribution is -0.133. The van der Waals surface area contributed by atoms with Crippen molar-refractivity contribution in [3.05, 3.63) is 18.6 Å². The van der Waals surface area contributed by atoms with Gasteiger partial charge in [-0.25, -0.2) is 4.98 Å². The quantitative estimate of drug-likeness (QED) is 0.827. The first-order valence-corrected chi connectivity index (χ1v) is 10.8. The summed E-state index contributed by atoms with van der Waals surface area (Å²) in [6.07, 6.45) is 10.8. The highest BCUT2D eigenvalue weighted by Gasteiger charge is 2.45. The third-order valence-corrected chi connectivity index (χ3v) is 6.35. The zero-order valence-electron chi connectivity index (χ0n) is 17.8. The van der Waals surface area contributed by atoms with Crippen LogP contribution in [0.4, 0.5) is 17.5 Å². The van der Waals surface area contributed by atoms with Crippen molar-refractivity contribution in [2.75, 3.05) is 30.4 Å². The third-order valence-electron chi connectivity index (χ3n) is 6.35. The van der Waals surface area contributed by atoms with E-state index in [9.17, 15) is 4.79 Å². The second kappa shape index (κ2) is 7.23. The molecule has 2 aromatic heterocycles. The Labute approximate surface area is 176 Å². The van der Waals surface area contributed by atoms with Gasteiger partial charge in [-0.05, 0) is 46.7 Å². The Morgan fingerprint density at radius 1 is 1.17 bits per heavy atom. The molecule has 2 aliphatic heterocycles. The number of carbonyl (C=O) groups is 1. The molecule has 1 N–H and O–H groups in total. The van der Waals surface area contributed by atoms with Crippen LogP contribution in [-0.2, 0) is 4.79 Å². The number of carbonyl (C=O) groups excluding carboxylic acids is 1. The van der Waals surface area contributed by atoms with Gasteiger partial charge >= 0.3 is 0 Å². The first-order valence-electron chi connectivity index (χ1n) is 10.8. The second-order valence-electron chi connectivity index (χ2n) is 9.15. The minimum absolute atomic E-state index is 0.0373. The van der Waals surface area contributed by atoms with Gasteiger partial charge < -0.3 is 15.0 Å². The van der Waals surface area contributed by atoms with E-state index >= 15 is 0 Å². The Morgan fingerprint density at radius 3 is 2.70 bits per heavy atom. The van der Waals surface area contributed by atoms with Gasteiger partial charge in [-0.3, -0.25) is 14.4 Å². The van der Waals surface area contributed by atoms with Crippen LogP contribution in [0.5, 0.6) is 5.75 Å². The summed E-state index contributed by atoms with van der Waals surface area (Å²) in [4.78, 5) is 26.4. The molecular formula is C21H29N7O2. The van der Waals surface area contributed by atoms with Gasteiger partial charge in [-0.15, -0.1) is 0 Å². The summed E-state index contributed by atoms with van der Waals surface area (Å²) in [7, 11) is 2.13. The van der Waals surface area contributed by atoms with E-state index in [0.717, 1.165) is 50.9 Å².